The van der Waals surface area contributed by atoms with E-state index in [0.717, 1.165) is 26.9 Å². The number of hydrogen-bond donors (Lipinski definition) is 1. The number of carbonyl (C=O) groups excluding carboxylic acids is 1. The molecule has 31 heavy (non-hydrogen) atoms. The van der Waals surface area contributed by atoms with Gasteiger partial charge in [-0.15, -0.1) is 0 Å². The Balaban J connectivity index is 1.58. The molecule has 3 aliphatic rings. The van der Waals surface area contributed by atoms with Gasteiger partial charge in [-0.05, 0) is 54.1 Å². The van der Waals surface area contributed by atoms with Crippen molar-refractivity contribution < 1.29 is 9.53 Å². The Hall–Kier alpha value is -2.54. The van der Waals surface area contributed by atoms with E-state index in [9.17, 15) is 4.79 Å². The van der Waals surface area contributed by atoms with Crippen LogP contribution >= 0.6 is 39.1 Å². The van der Waals surface area contributed by atoms with E-state index in [0.29, 0.717) is 27.9 Å². The van der Waals surface area contributed by atoms with Crippen LogP contribution in [0.1, 0.15) is 29.2 Å². The van der Waals surface area contributed by atoms with Gasteiger partial charge in [-0.2, -0.15) is 5.10 Å². The first-order chi connectivity index (χ1) is 15.0. The van der Waals surface area contributed by atoms with Crippen molar-refractivity contribution in [3.63, 3.8) is 0 Å². The van der Waals surface area contributed by atoms with Crippen LogP contribution in [0.25, 0.3) is 0 Å². The second-order valence-electron chi connectivity index (χ2n) is 7.69. The highest BCUT2D eigenvalue weighted by molar-refractivity contribution is 9.10. The summed E-state index contributed by atoms with van der Waals surface area (Å²) in [6.07, 6.45) is 0.608. The summed E-state index contributed by atoms with van der Waals surface area (Å²) in [4.78, 5) is 13.4. The van der Waals surface area contributed by atoms with Crippen LogP contribution in [0.2, 0.25) is 10.0 Å². The van der Waals surface area contributed by atoms with Gasteiger partial charge >= 0.3 is 5.72 Å². The first kappa shape index (κ1) is 19.2. The van der Waals surface area contributed by atoms with Crippen LogP contribution in [0.15, 0.2) is 70.2 Å². The summed E-state index contributed by atoms with van der Waals surface area (Å²) < 4.78 is 7.30. The molecule has 3 aromatic rings. The van der Waals surface area contributed by atoms with Crippen molar-refractivity contribution in [2.75, 3.05) is 5.32 Å². The average molecular weight is 515 g/mol. The number of nitrogens with one attached hydrogen (secondary N) is 1. The minimum Gasteiger partial charge on any atom is -0.453 e. The van der Waals surface area contributed by atoms with E-state index in [1.165, 1.54) is 0 Å². The number of amides is 1. The standard InChI is InChI=1S/C23H14BrCl2N3O2/c24-13-3-7-18-17(9-13)23(22(30)27-18)29-20(16-10-15(26)6-8-21(16)31-23)11-19(28-29)12-1-4-14(25)5-2-12/h1-10,20H,11H2,(H,27,30)/t20-,23-/m1/s1. The molecule has 1 amide bonds. The van der Waals surface area contributed by atoms with E-state index < -0.39 is 5.72 Å². The number of rotatable bonds is 1. The lowest BCUT2D eigenvalue weighted by Gasteiger charge is -2.44. The van der Waals surface area contributed by atoms with Gasteiger partial charge in [0.1, 0.15) is 5.75 Å². The average Bonchev–Trinajstić information content (AvgIpc) is 3.31. The Morgan fingerprint density at radius 1 is 1.06 bits per heavy atom. The van der Waals surface area contributed by atoms with Crippen molar-refractivity contribution >= 4 is 56.4 Å². The Morgan fingerprint density at radius 3 is 2.65 bits per heavy atom. The highest BCUT2D eigenvalue weighted by Crippen LogP contribution is 2.54. The monoisotopic (exact) mass is 513 g/mol. The molecule has 1 spiro atoms. The van der Waals surface area contributed by atoms with Gasteiger partial charge in [0.2, 0.25) is 0 Å². The Labute approximate surface area is 196 Å². The second-order valence-corrected chi connectivity index (χ2v) is 9.48. The number of halogens is 3. The quantitative estimate of drug-likeness (QED) is 0.426. The number of ether oxygens (including phenoxy) is 1. The number of hydrogen-bond acceptors (Lipinski definition) is 4. The molecule has 5 nitrogen and oxygen atoms in total. The summed E-state index contributed by atoms with van der Waals surface area (Å²) in [5.41, 5.74) is 2.73. The van der Waals surface area contributed by atoms with Crippen LogP contribution in [0.5, 0.6) is 5.75 Å². The zero-order chi connectivity index (χ0) is 21.3. The Bertz CT molecular complexity index is 1290. The maximum atomic E-state index is 13.4. The molecule has 0 saturated carbocycles. The van der Waals surface area contributed by atoms with Gasteiger partial charge in [0.15, 0.2) is 0 Å². The van der Waals surface area contributed by atoms with Crippen LogP contribution in [0, 0.1) is 0 Å². The highest BCUT2D eigenvalue weighted by atomic mass is 79.9. The second kappa shape index (κ2) is 6.73. The summed E-state index contributed by atoms with van der Waals surface area (Å²) >= 11 is 15.9. The molecule has 154 valence electrons. The van der Waals surface area contributed by atoms with Gasteiger partial charge in [-0.25, -0.2) is 5.01 Å². The summed E-state index contributed by atoms with van der Waals surface area (Å²) in [5.74, 6) is 0.355. The topological polar surface area (TPSA) is 53.9 Å². The predicted molar refractivity (Wildman–Crippen MR) is 124 cm³/mol. The van der Waals surface area contributed by atoms with E-state index >= 15 is 0 Å². The molecule has 3 aliphatic heterocycles. The number of anilines is 1. The first-order valence-electron chi connectivity index (χ1n) is 9.68. The third-order valence-corrected chi connectivity index (χ3v) is 6.88. The largest absolute Gasteiger partial charge is 0.453 e. The van der Waals surface area contributed by atoms with Crippen LogP contribution in [0.3, 0.4) is 0 Å². The van der Waals surface area contributed by atoms with Crippen molar-refractivity contribution in [1.29, 1.82) is 0 Å². The first-order valence-corrected chi connectivity index (χ1v) is 11.2. The molecular weight excluding hydrogens is 501 g/mol. The fourth-order valence-electron chi connectivity index (χ4n) is 4.50. The van der Waals surface area contributed by atoms with Crippen LogP contribution < -0.4 is 10.1 Å². The number of carbonyl (C=O) groups is 1. The van der Waals surface area contributed by atoms with E-state index in [-0.39, 0.29) is 11.9 Å². The summed E-state index contributed by atoms with van der Waals surface area (Å²) in [6, 6.07) is 18.5. The van der Waals surface area contributed by atoms with Crippen molar-refractivity contribution in [3.8, 4) is 5.75 Å². The van der Waals surface area contributed by atoms with Crippen LogP contribution in [-0.4, -0.2) is 16.6 Å². The third-order valence-electron chi connectivity index (χ3n) is 5.90. The highest BCUT2D eigenvalue weighted by Gasteiger charge is 2.61. The molecule has 8 heteroatoms. The number of hydrazone groups is 1. The Kier molecular flexibility index (Phi) is 4.16. The fourth-order valence-corrected chi connectivity index (χ4v) is 5.17. The maximum absolute atomic E-state index is 13.4. The number of fused-ring (bicyclic) bond motifs is 6. The molecule has 2 atom stereocenters. The zero-order valence-corrected chi connectivity index (χ0v) is 19.0. The molecule has 0 aromatic heterocycles. The molecule has 0 radical (unpaired) electrons. The van der Waals surface area contributed by atoms with Crippen molar-refractivity contribution in [2.45, 2.75) is 18.2 Å². The molecule has 0 bridgehead atoms. The number of nitrogens with zero attached hydrogens (tertiary/aromatic N) is 2. The molecule has 0 aliphatic carbocycles. The smallest absolute Gasteiger partial charge is 0.306 e. The van der Waals surface area contributed by atoms with Gasteiger partial charge in [0, 0.05) is 26.5 Å². The van der Waals surface area contributed by atoms with Gasteiger partial charge in [-0.3, -0.25) is 4.79 Å². The van der Waals surface area contributed by atoms with E-state index in [1.807, 2.05) is 54.6 Å². The summed E-state index contributed by atoms with van der Waals surface area (Å²) in [7, 11) is 0. The zero-order valence-electron chi connectivity index (χ0n) is 15.9. The lowest BCUT2D eigenvalue weighted by Crippen LogP contribution is -2.55. The van der Waals surface area contributed by atoms with Gasteiger partial charge < -0.3 is 10.1 Å². The van der Waals surface area contributed by atoms with Crippen molar-refractivity contribution in [3.05, 3.63) is 91.9 Å². The minimum atomic E-state index is -1.40. The number of benzene rings is 3. The molecule has 0 unspecified atom stereocenters. The summed E-state index contributed by atoms with van der Waals surface area (Å²) in [5, 5.41) is 10.9. The maximum Gasteiger partial charge on any atom is 0.306 e. The summed E-state index contributed by atoms with van der Waals surface area (Å²) in [6.45, 7) is 0. The molecule has 0 fully saturated rings. The van der Waals surface area contributed by atoms with Gasteiger partial charge in [0.05, 0.1) is 23.0 Å². The van der Waals surface area contributed by atoms with Crippen molar-refractivity contribution in [1.82, 2.24) is 5.01 Å². The molecule has 0 saturated heterocycles. The molecule has 1 N–H and O–H groups in total. The lowest BCUT2D eigenvalue weighted by molar-refractivity contribution is -0.161. The molecule has 3 heterocycles. The van der Waals surface area contributed by atoms with E-state index in [4.69, 9.17) is 33.0 Å². The Morgan fingerprint density at radius 2 is 1.84 bits per heavy atom. The van der Waals surface area contributed by atoms with E-state index in [1.54, 1.807) is 11.1 Å². The lowest BCUT2D eigenvalue weighted by atomic mass is 9.92. The SMILES string of the molecule is O=C1Nc2ccc(Br)cc2[C@@]12Oc1ccc(Cl)cc1[C@H]1CC(c3ccc(Cl)cc3)=NN12. The van der Waals surface area contributed by atoms with Gasteiger partial charge in [-0.1, -0.05) is 51.3 Å². The fraction of sp³-hybridized carbons (Fsp3) is 0.130. The third kappa shape index (κ3) is 2.75. The molecular formula is C23H14BrCl2N3O2. The molecule has 3 aromatic carbocycles. The van der Waals surface area contributed by atoms with Gasteiger partial charge in [0.25, 0.3) is 5.91 Å². The minimum absolute atomic E-state index is 0.205. The van der Waals surface area contributed by atoms with E-state index in [2.05, 4.69) is 21.2 Å². The van der Waals surface area contributed by atoms with Crippen LogP contribution in [-0.2, 0) is 10.5 Å². The van der Waals surface area contributed by atoms with Crippen LogP contribution in [0.4, 0.5) is 5.69 Å². The van der Waals surface area contributed by atoms with Crippen molar-refractivity contribution in [2.24, 2.45) is 5.10 Å². The predicted octanol–water partition coefficient (Wildman–Crippen LogP) is 6.10. The normalized spacial score (nSPS) is 23.1. The molecule has 6 rings (SSSR count).